The fourth-order valence-corrected chi connectivity index (χ4v) is 4.11. The normalized spacial score (nSPS) is 16.3. The lowest BCUT2D eigenvalue weighted by Crippen LogP contribution is -2.21. The largest absolute Gasteiger partial charge is 0.368 e. The third-order valence-corrected chi connectivity index (χ3v) is 5.50. The first kappa shape index (κ1) is 17.0. The van der Waals surface area contributed by atoms with E-state index in [1.54, 1.807) is 4.52 Å². The quantitative estimate of drug-likeness (QED) is 0.547. The Kier molecular flexibility index (Phi) is 3.91. The van der Waals surface area contributed by atoms with Crippen molar-refractivity contribution in [2.45, 2.75) is 18.8 Å². The molecule has 0 bridgehead atoms. The number of fused-ring (bicyclic) bond motifs is 2. The standard InChI is InChI=1S/C22H17ClN4O/c23-16-8-4-7-14(9-16)15-10-18-17(20(28)11-15)12-19-21(13-5-2-1-3-6-13)25-22(24)27(19)26-18/h1-9,12,15H,10-11H2,(H2,24,25)/t15-/m0/s1. The van der Waals surface area contributed by atoms with Crippen molar-refractivity contribution in [3.05, 3.63) is 82.5 Å². The van der Waals surface area contributed by atoms with Crippen LogP contribution in [0.5, 0.6) is 0 Å². The van der Waals surface area contributed by atoms with Gasteiger partial charge in [0, 0.05) is 22.6 Å². The second-order valence-corrected chi connectivity index (χ2v) is 7.51. The number of Topliss-reactive ketones (excluding diaryl/α,β-unsaturated/α-hetero) is 1. The molecule has 138 valence electrons. The molecule has 1 atom stereocenters. The van der Waals surface area contributed by atoms with Gasteiger partial charge in [-0.25, -0.2) is 4.98 Å². The molecule has 0 fully saturated rings. The van der Waals surface area contributed by atoms with Crippen LogP contribution in [0.3, 0.4) is 0 Å². The zero-order valence-corrected chi connectivity index (χ0v) is 15.7. The van der Waals surface area contributed by atoms with Crippen LogP contribution in [0.2, 0.25) is 5.02 Å². The van der Waals surface area contributed by atoms with E-state index in [9.17, 15) is 4.79 Å². The molecule has 2 aromatic carbocycles. The van der Waals surface area contributed by atoms with Gasteiger partial charge in [-0.05, 0) is 36.1 Å². The first-order valence-corrected chi connectivity index (χ1v) is 9.50. The van der Waals surface area contributed by atoms with E-state index in [0.717, 1.165) is 28.0 Å². The zero-order valence-electron chi connectivity index (χ0n) is 15.0. The van der Waals surface area contributed by atoms with E-state index in [-0.39, 0.29) is 11.7 Å². The van der Waals surface area contributed by atoms with Crippen LogP contribution in [-0.4, -0.2) is 20.4 Å². The summed E-state index contributed by atoms with van der Waals surface area (Å²) in [6.45, 7) is 0. The lowest BCUT2D eigenvalue weighted by atomic mass is 9.82. The fraction of sp³-hybridized carbons (Fsp3) is 0.136. The molecular formula is C22H17ClN4O. The van der Waals surface area contributed by atoms with Gasteiger partial charge in [-0.3, -0.25) is 4.79 Å². The number of halogens is 1. The third kappa shape index (κ3) is 2.75. The van der Waals surface area contributed by atoms with Crippen molar-refractivity contribution >= 4 is 28.8 Å². The number of aromatic nitrogens is 3. The molecule has 5 nitrogen and oxygen atoms in total. The van der Waals surface area contributed by atoms with Gasteiger partial charge >= 0.3 is 0 Å². The van der Waals surface area contributed by atoms with Gasteiger partial charge in [0.25, 0.3) is 0 Å². The number of hydrogen-bond acceptors (Lipinski definition) is 4. The molecule has 0 saturated carbocycles. The lowest BCUT2D eigenvalue weighted by molar-refractivity contribution is 0.0963. The maximum absolute atomic E-state index is 12.9. The first-order valence-electron chi connectivity index (χ1n) is 9.12. The van der Waals surface area contributed by atoms with E-state index in [1.165, 1.54) is 0 Å². The van der Waals surface area contributed by atoms with E-state index in [1.807, 2.05) is 60.7 Å². The number of rotatable bonds is 2. The Bertz CT molecular complexity index is 1220. The second kappa shape index (κ2) is 6.46. The Labute approximate surface area is 166 Å². The summed E-state index contributed by atoms with van der Waals surface area (Å²) < 4.78 is 1.63. The number of nitrogens with zero attached hydrogens (tertiary/aromatic N) is 3. The van der Waals surface area contributed by atoms with Crippen LogP contribution >= 0.6 is 11.6 Å². The molecule has 4 aromatic rings. The SMILES string of the molecule is Nc1nc(-c2ccccc2)c2cc3c(nn12)C[C@H](c1cccc(Cl)c1)CC3=O. The minimum Gasteiger partial charge on any atom is -0.368 e. The molecule has 6 heteroatoms. The van der Waals surface area contributed by atoms with Crippen molar-refractivity contribution in [3.8, 4) is 11.3 Å². The predicted octanol–water partition coefficient (Wildman–Crippen LogP) is 4.54. The van der Waals surface area contributed by atoms with Crippen LogP contribution in [0.25, 0.3) is 16.8 Å². The predicted molar refractivity (Wildman–Crippen MR) is 110 cm³/mol. The van der Waals surface area contributed by atoms with Crippen molar-refractivity contribution in [2.24, 2.45) is 0 Å². The highest BCUT2D eigenvalue weighted by atomic mass is 35.5. The first-order chi connectivity index (χ1) is 13.6. The van der Waals surface area contributed by atoms with Gasteiger partial charge < -0.3 is 5.73 Å². The number of carbonyl (C=O) groups excluding carboxylic acids is 1. The second-order valence-electron chi connectivity index (χ2n) is 7.07. The summed E-state index contributed by atoms with van der Waals surface area (Å²) in [7, 11) is 0. The van der Waals surface area contributed by atoms with Crippen LogP contribution in [0, 0.1) is 0 Å². The van der Waals surface area contributed by atoms with Gasteiger partial charge in [0.1, 0.15) is 5.69 Å². The average Bonchev–Trinajstić information content (AvgIpc) is 3.03. The van der Waals surface area contributed by atoms with E-state index >= 15 is 0 Å². The molecule has 0 amide bonds. The van der Waals surface area contributed by atoms with Crippen LogP contribution in [0.15, 0.2) is 60.7 Å². The maximum Gasteiger partial charge on any atom is 0.222 e. The van der Waals surface area contributed by atoms with Crippen molar-refractivity contribution in [1.29, 1.82) is 0 Å². The minimum atomic E-state index is 0.0574. The highest BCUT2D eigenvalue weighted by Crippen LogP contribution is 2.35. The number of nitrogens with two attached hydrogens (primary N) is 1. The van der Waals surface area contributed by atoms with Crippen LogP contribution in [0.4, 0.5) is 5.95 Å². The highest BCUT2D eigenvalue weighted by molar-refractivity contribution is 6.30. The topological polar surface area (TPSA) is 73.3 Å². The molecule has 2 heterocycles. The molecule has 0 saturated heterocycles. The summed E-state index contributed by atoms with van der Waals surface area (Å²) in [5, 5.41) is 5.36. The number of anilines is 1. The van der Waals surface area contributed by atoms with Crippen LogP contribution in [0.1, 0.15) is 34.0 Å². The molecule has 5 rings (SSSR count). The Balaban J connectivity index is 1.62. The van der Waals surface area contributed by atoms with Crippen molar-refractivity contribution in [3.63, 3.8) is 0 Å². The van der Waals surface area contributed by atoms with E-state index in [0.29, 0.717) is 29.4 Å². The van der Waals surface area contributed by atoms with Crippen molar-refractivity contribution in [2.75, 3.05) is 5.73 Å². The maximum atomic E-state index is 12.9. The van der Waals surface area contributed by atoms with Crippen LogP contribution < -0.4 is 5.73 Å². The average molecular weight is 389 g/mol. The summed E-state index contributed by atoms with van der Waals surface area (Å²) >= 11 is 6.13. The number of carbonyl (C=O) groups is 1. The molecule has 0 unspecified atom stereocenters. The fourth-order valence-electron chi connectivity index (χ4n) is 3.91. The van der Waals surface area contributed by atoms with Crippen molar-refractivity contribution in [1.82, 2.24) is 14.6 Å². The number of benzene rings is 2. The highest BCUT2D eigenvalue weighted by Gasteiger charge is 2.29. The minimum absolute atomic E-state index is 0.0574. The molecule has 2 N–H and O–H groups in total. The molecular weight excluding hydrogens is 372 g/mol. The number of nitrogen functional groups attached to an aromatic ring is 1. The molecule has 28 heavy (non-hydrogen) atoms. The van der Waals surface area contributed by atoms with Gasteiger partial charge in [-0.15, -0.1) is 0 Å². The molecule has 2 aromatic heterocycles. The molecule has 1 aliphatic rings. The summed E-state index contributed by atoms with van der Waals surface area (Å²) in [4.78, 5) is 17.4. The van der Waals surface area contributed by atoms with Gasteiger partial charge in [0.2, 0.25) is 5.95 Å². The Morgan fingerprint density at radius 1 is 1.04 bits per heavy atom. The van der Waals surface area contributed by atoms with E-state index in [4.69, 9.17) is 17.3 Å². The Hall–Kier alpha value is -3.18. The summed E-state index contributed by atoms with van der Waals surface area (Å²) in [5.74, 6) is 0.455. The van der Waals surface area contributed by atoms with E-state index in [2.05, 4.69) is 10.1 Å². The van der Waals surface area contributed by atoms with E-state index < -0.39 is 0 Å². The monoisotopic (exact) mass is 388 g/mol. The molecule has 0 radical (unpaired) electrons. The molecule has 0 aliphatic heterocycles. The zero-order chi connectivity index (χ0) is 19.3. The van der Waals surface area contributed by atoms with Gasteiger partial charge in [0.05, 0.1) is 11.2 Å². The molecule has 0 spiro atoms. The van der Waals surface area contributed by atoms with Gasteiger partial charge in [0.15, 0.2) is 5.78 Å². The Morgan fingerprint density at radius 3 is 2.64 bits per heavy atom. The van der Waals surface area contributed by atoms with Crippen molar-refractivity contribution < 1.29 is 4.79 Å². The number of ketones is 1. The summed E-state index contributed by atoms with van der Waals surface area (Å²) in [6, 6.07) is 19.3. The van der Waals surface area contributed by atoms with Gasteiger partial charge in [-0.2, -0.15) is 9.61 Å². The smallest absolute Gasteiger partial charge is 0.222 e. The summed E-state index contributed by atoms with van der Waals surface area (Å²) in [5.41, 5.74) is 11.0. The van der Waals surface area contributed by atoms with Gasteiger partial charge in [-0.1, -0.05) is 54.1 Å². The summed E-state index contributed by atoms with van der Waals surface area (Å²) in [6.07, 6.45) is 1.10. The lowest BCUT2D eigenvalue weighted by Gasteiger charge is -2.23. The third-order valence-electron chi connectivity index (χ3n) is 5.27. The van der Waals surface area contributed by atoms with Crippen LogP contribution in [-0.2, 0) is 6.42 Å². The number of hydrogen-bond donors (Lipinski definition) is 1. The Morgan fingerprint density at radius 2 is 1.86 bits per heavy atom. The molecule has 1 aliphatic carbocycles. The number of imidazole rings is 1.